The number of ether oxygens (including phenoxy) is 2. The summed E-state index contributed by atoms with van der Waals surface area (Å²) in [6.45, 7) is 5.17. The van der Waals surface area contributed by atoms with Crippen LogP contribution in [-0.2, 0) is 20.1 Å². The predicted octanol–water partition coefficient (Wildman–Crippen LogP) is 4.44. The third-order valence-electron chi connectivity index (χ3n) is 4.62. The van der Waals surface area contributed by atoms with Gasteiger partial charge < -0.3 is 14.4 Å². The van der Waals surface area contributed by atoms with E-state index in [9.17, 15) is 22.8 Å². The first-order chi connectivity index (χ1) is 13.9. The minimum absolute atomic E-state index is 0.123. The van der Waals surface area contributed by atoms with E-state index in [0.717, 1.165) is 22.2 Å². The summed E-state index contributed by atoms with van der Waals surface area (Å²) in [5, 5.41) is 0. The maximum Gasteiger partial charge on any atom is 0.401 e. The monoisotopic (exact) mass is 447 g/mol. The van der Waals surface area contributed by atoms with E-state index in [0.29, 0.717) is 24.3 Å². The summed E-state index contributed by atoms with van der Waals surface area (Å²) in [5.41, 5.74) is 0.0634. The number of nitrogens with zero attached hydrogens (tertiary/aromatic N) is 1. The van der Waals surface area contributed by atoms with Crippen LogP contribution in [0.4, 0.5) is 13.2 Å². The fourth-order valence-electron chi connectivity index (χ4n) is 3.17. The van der Waals surface area contributed by atoms with E-state index in [-0.39, 0.29) is 6.54 Å². The van der Waals surface area contributed by atoms with Gasteiger partial charge in [0.25, 0.3) is 0 Å². The zero-order valence-corrected chi connectivity index (χ0v) is 18.4. The Morgan fingerprint density at radius 2 is 1.83 bits per heavy atom. The van der Waals surface area contributed by atoms with E-state index in [4.69, 9.17) is 9.47 Å². The van der Waals surface area contributed by atoms with Crippen molar-refractivity contribution in [2.24, 2.45) is 5.92 Å². The highest BCUT2D eigenvalue weighted by atomic mass is 32.2. The minimum Gasteiger partial charge on any atom is -0.497 e. The second kappa shape index (κ2) is 9.94. The molecule has 1 amide bonds. The molecule has 0 radical (unpaired) electrons. The first-order valence-electron chi connectivity index (χ1n) is 9.73. The van der Waals surface area contributed by atoms with Crippen LogP contribution in [0.2, 0.25) is 0 Å². The number of halogens is 3. The molecule has 0 saturated carbocycles. The van der Waals surface area contributed by atoms with Gasteiger partial charge in [-0.05, 0) is 51.3 Å². The van der Waals surface area contributed by atoms with E-state index >= 15 is 0 Å². The topological polar surface area (TPSA) is 55.8 Å². The van der Waals surface area contributed by atoms with Gasteiger partial charge in [-0.25, -0.2) is 4.79 Å². The van der Waals surface area contributed by atoms with Crippen molar-refractivity contribution in [3.05, 3.63) is 29.8 Å². The zero-order chi connectivity index (χ0) is 22.5. The first kappa shape index (κ1) is 24.4. The molecule has 1 aromatic rings. The molecule has 1 unspecified atom stereocenters. The maximum atomic E-state index is 13.7. The van der Waals surface area contributed by atoms with Crippen LogP contribution in [0, 0.1) is 5.92 Å². The Morgan fingerprint density at radius 1 is 1.20 bits per heavy atom. The molecule has 0 spiro atoms. The molecule has 9 heteroatoms. The molecule has 1 fully saturated rings. The number of hydrogen-bond donors (Lipinski definition) is 0. The Kier molecular flexibility index (Phi) is 8.07. The summed E-state index contributed by atoms with van der Waals surface area (Å²) in [6, 6.07) is 6.05. The number of carbonyl (C=O) groups is 2. The molecule has 2 rings (SSSR count). The average molecular weight is 448 g/mol. The summed E-state index contributed by atoms with van der Waals surface area (Å²) in [4.78, 5) is 26.2. The third-order valence-corrected chi connectivity index (χ3v) is 5.73. The van der Waals surface area contributed by atoms with Crippen LogP contribution < -0.4 is 4.74 Å². The van der Waals surface area contributed by atoms with Crippen LogP contribution in [0.1, 0.15) is 39.2 Å². The number of amides is 1. The largest absolute Gasteiger partial charge is 0.497 e. The Hall–Kier alpha value is -1.90. The molecule has 1 aromatic carbocycles. The number of rotatable bonds is 7. The Morgan fingerprint density at radius 3 is 2.37 bits per heavy atom. The number of benzene rings is 1. The van der Waals surface area contributed by atoms with Gasteiger partial charge in [-0.3, -0.25) is 4.79 Å². The zero-order valence-electron chi connectivity index (χ0n) is 17.6. The van der Waals surface area contributed by atoms with E-state index < -0.39 is 41.4 Å². The smallest absolute Gasteiger partial charge is 0.401 e. The minimum atomic E-state index is -4.69. The number of esters is 1. The molecule has 5 nitrogen and oxygen atoms in total. The SMILES string of the molecule is COc1ccc(CSCC(C(=O)N2CCC[C@H]2C(=O)OC(C)(C)C)C(F)(F)F)cc1. The van der Waals surface area contributed by atoms with Crippen LogP contribution in [-0.4, -0.2) is 54.0 Å². The van der Waals surface area contributed by atoms with Gasteiger partial charge in [0.15, 0.2) is 0 Å². The second-order valence-electron chi connectivity index (χ2n) is 8.18. The number of thioether (sulfide) groups is 1. The number of likely N-dealkylation sites (tertiary alicyclic amines) is 1. The van der Waals surface area contributed by atoms with Crippen LogP contribution in [0.25, 0.3) is 0 Å². The van der Waals surface area contributed by atoms with Crippen LogP contribution >= 0.6 is 11.8 Å². The van der Waals surface area contributed by atoms with Crippen LogP contribution in [0.3, 0.4) is 0 Å². The molecular weight excluding hydrogens is 419 g/mol. The van der Waals surface area contributed by atoms with Crippen LogP contribution in [0.5, 0.6) is 5.75 Å². The van der Waals surface area contributed by atoms with E-state index in [1.807, 2.05) is 0 Å². The fourth-order valence-corrected chi connectivity index (χ4v) is 4.28. The van der Waals surface area contributed by atoms with Crippen LogP contribution in [0.15, 0.2) is 24.3 Å². The van der Waals surface area contributed by atoms with Crippen molar-refractivity contribution in [1.29, 1.82) is 0 Å². The number of methoxy groups -OCH3 is 1. The summed E-state index contributed by atoms with van der Waals surface area (Å²) in [5.74, 6) is -3.29. The first-order valence-corrected chi connectivity index (χ1v) is 10.9. The molecule has 0 aromatic heterocycles. The van der Waals surface area contributed by atoms with Gasteiger partial charge in [-0.1, -0.05) is 12.1 Å². The summed E-state index contributed by atoms with van der Waals surface area (Å²) in [7, 11) is 1.53. The van der Waals surface area contributed by atoms with Gasteiger partial charge in [-0.15, -0.1) is 0 Å². The molecular formula is C21H28F3NO4S. The van der Waals surface area contributed by atoms with Gasteiger partial charge in [0.05, 0.1) is 7.11 Å². The average Bonchev–Trinajstić information content (AvgIpc) is 3.13. The molecule has 0 N–H and O–H groups in total. The molecule has 1 aliphatic rings. The normalized spacial score (nSPS) is 18.2. The molecule has 1 saturated heterocycles. The highest BCUT2D eigenvalue weighted by Gasteiger charge is 2.49. The Bertz CT molecular complexity index is 731. The molecule has 0 aliphatic carbocycles. The number of carbonyl (C=O) groups excluding carboxylic acids is 2. The summed E-state index contributed by atoms with van der Waals surface area (Å²) < 4.78 is 51.3. The lowest BCUT2D eigenvalue weighted by Crippen LogP contribution is -2.49. The van der Waals surface area contributed by atoms with Crippen molar-refractivity contribution < 1.29 is 32.2 Å². The van der Waals surface area contributed by atoms with Crippen molar-refractivity contribution in [2.45, 2.75) is 57.2 Å². The van der Waals surface area contributed by atoms with Gasteiger partial charge in [0.1, 0.15) is 23.3 Å². The van der Waals surface area contributed by atoms with Crippen molar-refractivity contribution >= 4 is 23.6 Å². The third kappa shape index (κ3) is 6.82. The Balaban J connectivity index is 2.04. The van der Waals surface area contributed by atoms with Crippen molar-refractivity contribution in [1.82, 2.24) is 4.90 Å². The number of alkyl halides is 3. The maximum absolute atomic E-state index is 13.7. The van der Waals surface area contributed by atoms with Crippen molar-refractivity contribution in [3.8, 4) is 5.75 Å². The van der Waals surface area contributed by atoms with E-state index in [1.165, 1.54) is 7.11 Å². The molecule has 0 bridgehead atoms. The molecule has 1 heterocycles. The lowest BCUT2D eigenvalue weighted by atomic mass is 10.1. The van der Waals surface area contributed by atoms with Gasteiger partial charge >= 0.3 is 12.1 Å². The molecule has 30 heavy (non-hydrogen) atoms. The highest BCUT2D eigenvalue weighted by Crippen LogP contribution is 2.34. The van der Waals surface area contributed by atoms with Gasteiger partial charge in [0.2, 0.25) is 5.91 Å². The molecule has 2 atom stereocenters. The fraction of sp³-hybridized carbons (Fsp3) is 0.619. The standard InChI is InChI=1S/C21H28F3NO4S/c1-20(2,3)29-19(27)17-6-5-11-25(17)18(26)16(21(22,23)24)13-30-12-14-7-9-15(28-4)10-8-14/h7-10,16-17H,5-6,11-13H2,1-4H3/t16?,17-/m0/s1. The predicted molar refractivity (Wildman–Crippen MR) is 109 cm³/mol. The van der Waals surface area contributed by atoms with Crippen molar-refractivity contribution in [3.63, 3.8) is 0 Å². The quantitative estimate of drug-likeness (QED) is 0.579. The Labute approximate surface area is 179 Å². The molecule has 1 aliphatic heterocycles. The van der Waals surface area contributed by atoms with E-state index in [1.54, 1.807) is 45.0 Å². The highest BCUT2D eigenvalue weighted by molar-refractivity contribution is 7.98. The lowest BCUT2D eigenvalue weighted by Gasteiger charge is -2.30. The number of hydrogen-bond acceptors (Lipinski definition) is 5. The van der Waals surface area contributed by atoms with Crippen molar-refractivity contribution in [2.75, 3.05) is 19.4 Å². The van der Waals surface area contributed by atoms with E-state index in [2.05, 4.69) is 0 Å². The lowest BCUT2D eigenvalue weighted by molar-refractivity contribution is -0.188. The summed E-state index contributed by atoms with van der Waals surface area (Å²) in [6.07, 6.45) is -3.91. The van der Waals surface area contributed by atoms with Gasteiger partial charge in [0, 0.05) is 18.1 Å². The van der Waals surface area contributed by atoms with Gasteiger partial charge in [-0.2, -0.15) is 24.9 Å². The summed E-state index contributed by atoms with van der Waals surface area (Å²) >= 11 is 1.04. The second-order valence-corrected chi connectivity index (χ2v) is 9.21. The molecule has 168 valence electrons.